The quantitative estimate of drug-likeness (QED) is 0.0473. The van der Waals surface area contributed by atoms with Crippen molar-refractivity contribution in [3.05, 3.63) is 361 Å². The van der Waals surface area contributed by atoms with Crippen LogP contribution in [-0.4, -0.2) is 84.2 Å². The number of aromatic nitrogens is 10. The summed E-state index contributed by atoms with van der Waals surface area (Å²) in [4.78, 5) is 119. The van der Waals surface area contributed by atoms with Gasteiger partial charge in [0.15, 0.2) is 0 Å². The minimum Gasteiger partial charge on any atom is -0.481 e. The number of H-pyrrole nitrogens is 6. The molecule has 1 amide bonds. The number of amides is 1. The number of carbonyl (C=O) groups is 1. The summed E-state index contributed by atoms with van der Waals surface area (Å²) in [6.45, 7) is 3.99. The Bertz CT molecular complexity index is 4660. The summed E-state index contributed by atoms with van der Waals surface area (Å²) in [6, 6.07) is 68.9. The summed E-state index contributed by atoms with van der Waals surface area (Å²) in [5, 5.41) is 2.78. The van der Waals surface area contributed by atoms with Crippen molar-refractivity contribution in [3.8, 4) is 23.8 Å². The predicted molar refractivity (Wildman–Crippen MR) is 376 cm³/mol. The van der Waals surface area contributed by atoms with Gasteiger partial charge in [-0.15, -0.1) is 0 Å². The number of methoxy groups -OCH3 is 4. The lowest BCUT2D eigenvalue weighted by molar-refractivity contribution is -0.116. The zero-order valence-electron chi connectivity index (χ0n) is 54.9. The van der Waals surface area contributed by atoms with Crippen LogP contribution in [0, 0.1) is 5.92 Å². The first kappa shape index (κ1) is 66.3. The molecule has 22 heteroatoms. The first-order chi connectivity index (χ1) is 48.7. The van der Waals surface area contributed by atoms with E-state index < -0.39 is 33.7 Å². The molecule has 11 aromatic rings. The van der Waals surface area contributed by atoms with Crippen LogP contribution >= 0.6 is 0 Å². The molecule has 7 N–H and O–H groups in total. The summed E-state index contributed by atoms with van der Waals surface area (Å²) < 4.78 is 21.5. The monoisotopic (exact) mass is 1340 g/mol. The Kier molecular flexibility index (Phi) is 19.3. The Hall–Kier alpha value is -12.3. The average Bonchev–Trinajstić information content (AvgIpc) is 0.729. The van der Waals surface area contributed by atoms with Gasteiger partial charge in [-0.05, 0) is 51.1 Å². The topological polar surface area (TPSA) is 315 Å². The number of ether oxygens (including phenoxy) is 4. The number of nitrogens with zero attached hydrogens (tertiary/aromatic N) is 4. The van der Waals surface area contributed by atoms with Crippen LogP contribution in [0.25, 0.3) is 0 Å². The van der Waals surface area contributed by atoms with Gasteiger partial charge in [0, 0.05) is 119 Å². The van der Waals surface area contributed by atoms with Gasteiger partial charge in [0.1, 0.15) is 0 Å². The molecule has 3 aliphatic carbocycles. The highest BCUT2D eigenvalue weighted by atomic mass is 16.5. The van der Waals surface area contributed by atoms with Crippen molar-refractivity contribution < 1.29 is 23.7 Å². The standard InChI is InChI=1S/2C26H24N4O4.C26H23N3O3/c2*1-33-20-14-18(28-26(30-20)34-2)24-21(15-9-5-3-6-10-15)23(17-13-19(31)29-25(32)27-17)22(24)16-11-7-4-8-12-16;1-15-12-18(13-20(30)27-15)24-22(16-8-4-2-5-9-16)25(19-14-21(31)29-26(32)28-19)23(24)17-10-6-3-7-11-17/h2*3-14,21-24H,1-2H3,(H2,27,29,31,32);2-11,13-14,22-25H,1,12H2,(H,27,30)(H2,28,29,31,32)/t2*21-,22-,23?,24?;22-,23-,24?,25?/m001/s1. The number of allylic oxidation sites excluding steroid dienone is 1. The molecule has 0 spiro atoms. The van der Waals surface area contributed by atoms with Crippen LogP contribution in [0.1, 0.15) is 133 Å². The molecule has 504 valence electrons. The third kappa shape index (κ3) is 13.7. The number of hydrogen-bond acceptors (Lipinski definition) is 15. The third-order valence-corrected chi connectivity index (χ3v) is 19.5. The minimum atomic E-state index is -0.519. The largest absolute Gasteiger partial charge is 0.481 e. The van der Waals surface area contributed by atoms with E-state index in [1.165, 1.54) is 32.4 Å². The lowest BCUT2D eigenvalue weighted by atomic mass is 9.49. The number of aromatic amines is 6. The van der Waals surface area contributed by atoms with E-state index in [0.717, 1.165) is 50.3 Å². The lowest BCUT2D eigenvalue weighted by Gasteiger charge is -2.54. The fraction of sp³-hybridized carbons (Fsp3) is 0.218. The molecule has 0 saturated heterocycles. The van der Waals surface area contributed by atoms with Gasteiger partial charge in [-0.1, -0.05) is 194 Å². The van der Waals surface area contributed by atoms with Crippen molar-refractivity contribution in [2.24, 2.45) is 5.92 Å². The fourth-order valence-corrected chi connectivity index (χ4v) is 15.7. The van der Waals surface area contributed by atoms with E-state index in [-0.39, 0.29) is 88.9 Å². The molecule has 5 aromatic heterocycles. The predicted octanol–water partition coefficient (Wildman–Crippen LogP) is 9.94. The maximum absolute atomic E-state index is 12.3. The molecule has 4 aliphatic rings. The van der Waals surface area contributed by atoms with Gasteiger partial charge in [-0.2, -0.15) is 19.9 Å². The van der Waals surface area contributed by atoms with Crippen molar-refractivity contribution in [1.82, 2.24) is 55.2 Å². The highest BCUT2D eigenvalue weighted by Crippen LogP contribution is 2.68. The number of rotatable bonds is 16. The number of nitrogens with one attached hydrogen (secondary N) is 7. The van der Waals surface area contributed by atoms with E-state index in [4.69, 9.17) is 18.9 Å². The molecule has 22 nitrogen and oxygen atoms in total. The Morgan fingerprint density at radius 3 is 0.860 bits per heavy atom. The van der Waals surface area contributed by atoms with Crippen LogP contribution in [0.15, 0.2) is 265 Å². The Balaban J connectivity index is 0.000000134. The molecule has 100 heavy (non-hydrogen) atoms. The maximum Gasteiger partial charge on any atom is 0.325 e. The lowest BCUT2D eigenvalue weighted by Crippen LogP contribution is -2.45. The molecule has 6 aromatic carbocycles. The smallest absolute Gasteiger partial charge is 0.325 e. The van der Waals surface area contributed by atoms with Gasteiger partial charge in [0.25, 0.3) is 16.7 Å². The molecule has 6 atom stereocenters. The van der Waals surface area contributed by atoms with Gasteiger partial charge >= 0.3 is 29.1 Å². The zero-order valence-corrected chi connectivity index (χ0v) is 54.9. The van der Waals surface area contributed by atoms with Crippen LogP contribution in [0.3, 0.4) is 0 Å². The summed E-state index contributed by atoms with van der Waals surface area (Å²) in [6.07, 6.45) is 2.27. The summed E-state index contributed by atoms with van der Waals surface area (Å²) in [7, 11) is 6.15. The van der Waals surface area contributed by atoms with E-state index in [1.807, 2.05) is 121 Å². The van der Waals surface area contributed by atoms with Gasteiger partial charge in [-0.25, -0.2) is 14.4 Å². The molecule has 6 heterocycles. The van der Waals surface area contributed by atoms with E-state index >= 15 is 0 Å². The van der Waals surface area contributed by atoms with E-state index in [2.05, 4.69) is 135 Å². The zero-order chi connectivity index (χ0) is 69.6. The Labute approximate surface area is 572 Å². The van der Waals surface area contributed by atoms with Crippen LogP contribution < -0.4 is 58.0 Å². The first-order valence-electron chi connectivity index (χ1n) is 32.6. The fourth-order valence-electron chi connectivity index (χ4n) is 15.7. The van der Waals surface area contributed by atoms with Crippen molar-refractivity contribution in [1.29, 1.82) is 0 Å². The first-order valence-corrected chi connectivity index (χ1v) is 32.6. The maximum atomic E-state index is 12.3. The summed E-state index contributed by atoms with van der Waals surface area (Å²) in [5.74, 6) is -0.185. The van der Waals surface area contributed by atoms with Crippen molar-refractivity contribution in [2.75, 3.05) is 28.4 Å². The van der Waals surface area contributed by atoms with Crippen LogP contribution in [0.5, 0.6) is 23.8 Å². The molecule has 15 rings (SSSR count). The average molecular weight is 1340 g/mol. The van der Waals surface area contributed by atoms with Gasteiger partial charge < -0.3 is 39.2 Å². The van der Waals surface area contributed by atoms with Gasteiger partial charge in [0.2, 0.25) is 17.7 Å². The SMILES string of the molecule is C=C1CC(C2[C@@H](c3ccccc3)C(c3cc(=O)[nH]c(=O)[nH]3)[C@@H]2c2ccccc2)=CC(=O)N1.COc1cc(C2[C@@H](c3ccccc3)C(c3cc(=O)[nH]c(=O)[nH]3)[C@@H]2c2ccccc2)nc(OC)n1.COc1cc(C2[C@@H](c3ccccc3)C(c3cc(=O)[nH]c(=O)[nH]3)[C@@H]2c2ccccc2)nc(OC)n1. The van der Waals surface area contributed by atoms with Crippen molar-refractivity contribution in [3.63, 3.8) is 0 Å². The number of benzene rings is 6. The van der Waals surface area contributed by atoms with Crippen LogP contribution in [0.4, 0.5) is 0 Å². The molecule has 0 unspecified atom stereocenters. The second-order valence-corrected chi connectivity index (χ2v) is 25.0. The van der Waals surface area contributed by atoms with E-state index in [9.17, 15) is 33.6 Å². The number of hydrogen-bond donors (Lipinski definition) is 7. The molecule has 1 aliphatic heterocycles. The molecule has 0 bridgehead atoms. The van der Waals surface area contributed by atoms with E-state index in [1.54, 1.807) is 20.3 Å². The minimum absolute atomic E-state index is 0.0104. The molecular formula is C78H71N11O11. The number of carbonyl (C=O) groups excluding carboxylic acids is 1. The van der Waals surface area contributed by atoms with Crippen LogP contribution in [0.2, 0.25) is 0 Å². The normalized spacial score (nSPS) is 22.6. The van der Waals surface area contributed by atoms with Crippen molar-refractivity contribution in [2.45, 2.75) is 71.5 Å². The molecular weight excluding hydrogens is 1270 g/mol. The van der Waals surface area contributed by atoms with E-state index in [0.29, 0.717) is 41.0 Å². The highest BCUT2D eigenvalue weighted by Gasteiger charge is 2.57. The second-order valence-electron chi connectivity index (χ2n) is 25.0. The van der Waals surface area contributed by atoms with Gasteiger partial charge in [0.05, 0.1) is 39.8 Å². The molecule has 3 fully saturated rings. The summed E-state index contributed by atoms with van der Waals surface area (Å²) in [5.41, 5.74) is 8.78. The highest BCUT2D eigenvalue weighted by molar-refractivity contribution is 5.91. The molecule has 3 saturated carbocycles. The Morgan fingerprint density at radius 2 is 0.610 bits per heavy atom. The summed E-state index contributed by atoms with van der Waals surface area (Å²) >= 11 is 0. The van der Waals surface area contributed by atoms with Gasteiger partial charge in [-0.3, -0.25) is 34.1 Å². The second kappa shape index (κ2) is 29.2. The third-order valence-electron chi connectivity index (χ3n) is 19.5. The Morgan fingerprint density at radius 1 is 0.330 bits per heavy atom. The van der Waals surface area contributed by atoms with Crippen LogP contribution in [-0.2, 0) is 4.79 Å². The molecule has 0 radical (unpaired) electrons. The van der Waals surface area contributed by atoms with Crippen molar-refractivity contribution >= 4 is 5.91 Å².